The van der Waals surface area contributed by atoms with Crippen LogP contribution in [0.25, 0.3) is 54.6 Å². The fourth-order valence-corrected chi connectivity index (χ4v) is 6.52. The molecular weight excluding hydrogens is 767 g/mol. The van der Waals surface area contributed by atoms with Crippen LogP contribution in [0, 0.1) is 0 Å². The lowest BCUT2D eigenvalue weighted by Crippen LogP contribution is -2.30. The molecule has 0 radical (unpaired) electrons. The average molecular weight is 793 g/mol. The smallest absolute Gasteiger partial charge is 0.423 e. The minimum atomic E-state index is -1.40. The van der Waals surface area contributed by atoms with Crippen molar-refractivity contribution in [3.63, 3.8) is 0 Å². The van der Waals surface area contributed by atoms with Crippen molar-refractivity contribution < 1.29 is 10.0 Å². The van der Waals surface area contributed by atoms with E-state index in [-0.39, 0.29) is 0 Å². The van der Waals surface area contributed by atoms with Gasteiger partial charge in [0.2, 0.25) is 0 Å². The number of rotatable bonds is 2. The number of benzene rings is 6. The van der Waals surface area contributed by atoms with Crippen LogP contribution < -0.4 is 5.46 Å². The van der Waals surface area contributed by atoms with Gasteiger partial charge in [0.05, 0.1) is 16.7 Å². The molecule has 0 bridgehead atoms. The van der Waals surface area contributed by atoms with Crippen molar-refractivity contribution in [2.24, 2.45) is 0 Å². The van der Waals surface area contributed by atoms with Gasteiger partial charge in [-0.25, -0.2) is 9.97 Å². The van der Waals surface area contributed by atoms with Gasteiger partial charge in [0.25, 0.3) is 0 Å². The van der Waals surface area contributed by atoms with E-state index in [9.17, 15) is 0 Å². The molecule has 0 atom stereocenters. The number of para-hydroxylation sites is 2. The highest BCUT2D eigenvalue weighted by Gasteiger charge is 2.13. The third-order valence-corrected chi connectivity index (χ3v) is 9.20. The molecule has 2 N–H and O–H groups in total. The molecule has 0 saturated carbocycles. The first kappa shape index (κ1) is 32.0. The Hall–Kier alpha value is -3.92. The molecule has 0 fully saturated rings. The Balaban J connectivity index is 0.000000129. The fourth-order valence-electron chi connectivity index (χ4n) is 5.27. The van der Waals surface area contributed by atoms with Gasteiger partial charge < -0.3 is 10.0 Å². The summed E-state index contributed by atoms with van der Waals surface area (Å²) in [7, 11) is -1.40. The van der Waals surface area contributed by atoms with E-state index >= 15 is 0 Å². The predicted octanol–water partition coefficient (Wildman–Crippen LogP) is 10.1. The predicted molar refractivity (Wildman–Crippen MR) is 203 cm³/mol. The van der Waals surface area contributed by atoms with E-state index in [1.54, 1.807) is 6.07 Å². The minimum absolute atomic E-state index is 0.554. The molecule has 4 nitrogen and oxygen atoms in total. The molecule has 2 heterocycles. The maximum Gasteiger partial charge on any atom is 0.489 e. The summed E-state index contributed by atoms with van der Waals surface area (Å²) in [6.45, 7) is 0. The number of hydrogen-bond acceptors (Lipinski definition) is 4. The topological polar surface area (TPSA) is 66.2 Å². The van der Waals surface area contributed by atoms with Gasteiger partial charge in [-0.15, -0.1) is 0 Å². The highest BCUT2D eigenvalue weighted by molar-refractivity contribution is 9.11. The first-order valence-electron chi connectivity index (χ1n) is 14.5. The largest absolute Gasteiger partial charge is 0.489 e. The maximum atomic E-state index is 9.08. The Morgan fingerprint density at radius 3 is 1.61 bits per heavy atom. The highest BCUT2D eigenvalue weighted by Crippen LogP contribution is 2.30. The summed E-state index contributed by atoms with van der Waals surface area (Å²) in [5.41, 5.74) is 4.73. The van der Waals surface area contributed by atoms with Crippen molar-refractivity contribution in [2.45, 2.75) is 0 Å². The highest BCUT2D eigenvalue weighted by atomic mass is 79.9. The van der Waals surface area contributed by atoms with E-state index in [1.165, 1.54) is 16.3 Å². The second-order valence-electron chi connectivity index (χ2n) is 10.4. The molecule has 2 aromatic heterocycles. The van der Waals surface area contributed by atoms with Crippen LogP contribution in [-0.2, 0) is 0 Å². The molecule has 8 rings (SSSR count). The monoisotopic (exact) mass is 790 g/mol. The van der Waals surface area contributed by atoms with Crippen LogP contribution >= 0.6 is 47.8 Å². The zero-order chi connectivity index (χ0) is 32.0. The molecule has 0 saturated heterocycles. The van der Waals surface area contributed by atoms with Crippen LogP contribution in [0.3, 0.4) is 0 Å². The SMILES string of the molecule is Brc1ccc2cccc(Br)c2n1.Brc1cccc2ccc(-c3cccc4ccccc34)nc12.OB(O)c1cccc2ccccc12. The first-order valence-corrected chi connectivity index (χ1v) is 16.8. The third-order valence-electron chi connectivity index (χ3n) is 7.48. The van der Waals surface area contributed by atoms with Gasteiger partial charge in [-0.1, -0.05) is 121 Å². The average Bonchev–Trinajstić information content (AvgIpc) is 3.09. The Morgan fingerprint density at radius 1 is 0.435 bits per heavy atom. The van der Waals surface area contributed by atoms with Gasteiger partial charge in [0, 0.05) is 25.3 Å². The quantitative estimate of drug-likeness (QED) is 0.135. The third kappa shape index (κ3) is 7.22. The summed E-state index contributed by atoms with van der Waals surface area (Å²) in [5.74, 6) is 0. The van der Waals surface area contributed by atoms with E-state index in [0.717, 1.165) is 51.8 Å². The summed E-state index contributed by atoms with van der Waals surface area (Å²) in [4.78, 5) is 9.19. The molecular formula is C38H26BBr3N2O2. The van der Waals surface area contributed by atoms with Crippen molar-refractivity contribution in [3.05, 3.63) is 159 Å². The second-order valence-corrected chi connectivity index (χ2v) is 12.9. The van der Waals surface area contributed by atoms with Gasteiger partial charge >= 0.3 is 7.12 Å². The number of fused-ring (bicyclic) bond motifs is 4. The van der Waals surface area contributed by atoms with E-state index in [4.69, 9.17) is 15.0 Å². The van der Waals surface area contributed by atoms with Crippen molar-refractivity contribution in [1.29, 1.82) is 0 Å². The summed E-state index contributed by atoms with van der Waals surface area (Å²) >= 11 is 10.4. The molecule has 0 aliphatic rings. The number of hydrogen-bond donors (Lipinski definition) is 2. The number of halogens is 3. The van der Waals surface area contributed by atoms with Crippen LogP contribution in [0.5, 0.6) is 0 Å². The van der Waals surface area contributed by atoms with Gasteiger partial charge in [-0.3, -0.25) is 0 Å². The molecule has 46 heavy (non-hydrogen) atoms. The van der Waals surface area contributed by atoms with E-state index in [2.05, 4.69) is 113 Å². The molecule has 6 aromatic carbocycles. The van der Waals surface area contributed by atoms with Gasteiger partial charge in [-0.05, 0) is 99.1 Å². The number of nitrogens with zero attached hydrogens (tertiary/aromatic N) is 2. The normalized spacial score (nSPS) is 10.7. The van der Waals surface area contributed by atoms with Crippen molar-refractivity contribution in [2.75, 3.05) is 0 Å². The lowest BCUT2D eigenvalue weighted by Gasteiger charge is -2.08. The van der Waals surface area contributed by atoms with E-state index in [0.29, 0.717) is 5.46 Å². The van der Waals surface area contributed by atoms with Gasteiger partial charge in [-0.2, -0.15) is 0 Å². The standard InChI is InChI=1S/C19H12BrN.C10H9BO2.C9H5Br2N/c20-17-10-4-7-14-11-12-18(21-19(14)17)16-9-3-6-13-5-1-2-8-15(13)16;12-11(13)10-7-3-5-8-4-1-2-6-9(8)10;10-7-3-1-2-6-4-5-8(11)12-9(6)7/h1-12H;1-7,12-13H;1-5H. The molecule has 0 aliphatic carbocycles. The maximum absolute atomic E-state index is 9.08. The van der Waals surface area contributed by atoms with Crippen LogP contribution in [-0.4, -0.2) is 27.1 Å². The van der Waals surface area contributed by atoms with Crippen LogP contribution in [0.1, 0.15) is 0 Å². The van der Waals surface area contributed by atoms with Crippen LogP contribution in [0.2, 0.25) is 0 Å². The first-order chi connectivity index (χ1) is 22.4. The Morgan fingerprint density at radius 2 is 0.935 bits per heavy atom. The summed E-state index contributed by atoms with van der Waals surface area (Å²) in [6.07, 6.45) is 0. The Kier molecular flexibility index (Phi) is 10.2. The lowest BCUT2D eigenvalue weighted by molar-refractivity contribution is 0.426. The molecule has 0 spiro atoms. The Labute approximate surface area is 292 Å². The van der Waals surface area contributed by atoms with Crippen LogP contribution in [0.4, 0.5) is 0 Å². The molecule has 224 valence electrons. The van der Waals surface area contributed by atoms with Gasteiger partial charge in [0.15, 0.2) is 0 Å². The lowest BCUT2D eigenvalue weighted by atomic mass is 9.77. The van der Waals surface area contributed by atoms with Crippen molar-refractivity contribution in [3.8, 4) is 11.3 Å². The van der Waals surface area contributed by atoms with Gasteiger partial charge in [0.1, 0.15) is 4.60 Å². The Bertz CT molecular complexity index is 2300. The second kappa shape index (κ2) is 14.7. The number of aromatic nitrogens is 2. The zero-order valence-electron chi connectivity index (χ0n) is 24.4. The summed E-state index contributed by atoms with van der Waals surface area (Å²) in [6, 6.07) is 48.3. The molecule has 8 heteroatoms. The van der Waals surface area contributed by atoms with E-state index < -0.39 is 7.12 Å². The molecule has 8 aromatic rings. The van der Waals surface area contributed by atoms with Crippen molar-refractivity contribution >= 4 is 104 Å². The van der Waals surface area contributed by atoms with E-state index in [1.807, 2.05) is 78.9 Å². The summed E-state index contributed by atoms with van der Waals surface area (Å²) in [5, 5.41) is 24.8. The molecule has 0 aliphatic heterocycles. The van der Waals surface area contributed by atoms with Crippen molar-refractivity contribution in [1.82, 2.24) is 9.97 Å². The summed E-state index contributed by atoms with van der Waals surface area (Å²) < 4.78 is 2.92. The molecule has 0 unspecified atom stereocenters. The number of pyridine rings is 2. The fraction of sp³-hybridized carbons (Fsp3) is 0. The zero-order valence-corrected chi connectivity index (χ0v) is 29.1. The molecule has 0 amide bonds. The van der Waals surface area contributed by atoms with Crippen LogP contribution in [0.15, 0.2) is 159 Å². The minimum Gasteiger partial charge on any atom is -0.423 e.